The van der Waals surface area contributed by atoms with Gasteiger partial charge in [0.25, 0.3) is 5.91 Å². The molecule has 0 aromatic heterocycles. The van der Waals surface area contributed by atoms with Crippen molar-refractivity contribution in [3.05, 3.63) is 60.2 Å². The Morgan fingerprint density at radius 3 is 2.34 bits per heavy atom. The van der Waals surface area contributed by atoms with E-state index in [0.29, 0.717) is 30.3 Å². The smallest absolute Gasteiger partial charge is 0.258 e. The highest BCUT2D eigenvalue weighted by Crippen LogP contribution is 2.28. The highest BCUT2D eigenvalue weighted by molar-refractivity contribution is 6.06. The van der Waals surface area contributed by atoms with Crippen molar-refractivity contribution in [2.75, 3.05) is 51.8 Å². The molecule has 0 radical (unpaired) electrons. The largest absolute Gasteiger partial charge is 0.491 e. The van der Waals surface area contributed by atoms with Crippen LogP contribution >= 0.6 is 0 Å². The van der Waals surface area contributed by atoms with Gasteiger partial charge in [-0.05, 0) is 50.1 Å². The molecule has 32 heavy (non-hydrogen) atoms. The second kappa shape index (κ2) is 11.7. The Bertz CT molecular complexity index is 879. The minimum atomic E-state index is -0.0718. The molecule has 6 heteroatoms. The summed E-state index contributed by atoms with van der Waals surface area (Å²) >= 11 is 0. The Morgan fingerprint density at radius 2 is 1.62 bits per heavy atom. The van der Waals surface area contributed by atoms with E-state index in [-0.39, 0.29) is 11.8 Å². The van der Waals surface area contributed by atoms with E-state index < -0.39 is 0 Å². The number of likely N-dealkylation sites (N-methyl/N-ethyl adjacent to an activating group) is 1. The van der Waals surface area contributed by atoms with Crippen LogP contribution in [-0.2, 0) is 4.79 Å². The Hall–Kier alpha value is -2.86. The van der Waals surface area contributed by atoms with Crippen LogP contribution in [0.25, 0.3) is 0 Å². The Labute approximate surface area is 191 Å². The normalized spacial score (nSPS) is 15.3. The summed E-state index contributed by atoms with van der Waals surface area (Å²) in [7, 11) is 3.86. The third-order valence-electron chi connectivity index (χ3n) is 6.13. The first-order valence-corrected chi connectivity index (χ1v) is 11.5. The number of amides is 2. The predicted molar refractivity (Wildman–Crippen MR) is 128 cm³/mol. The second-order valence-electron chi connectivity index (χ2n) is 8.66. The number of para-hydroxylation sites is 2. The first-order chi connectivity index (χ1) is 15.5. The number of anilines is 1. The van der Waals surface area contributed by atoms with Gasteiger partial charge < -0.3 is 19.4 Å². The second-order valence-corrected chi connectivity index (χ2v) is 8.66. The van der Waals surface area contributed by atoms with E-state index in [1.54, 1.807) is 11.9 Å². The molecule has 6 nitrogen and oxygen atoms in total. The Kier molecular flexibility index (Phi) is 8.68. The molecule has 1 atom stereocenters. The van der Waals surface area contributed by atoms with Crippen LogP contribution in [0.15, 0.2) is 54.6 Å². The van der Waals surface area contributed by atoms with Crippen molar-refractivity contribution < 1.29 is 14.3 Å². The van der Waals surface area contributed by atoms with Crippen LogP contribution in [0.1, 0.15) is 36.5 Å². The van der Waals surface area contributed by atoms with Gasteiger partial charge in [-0.3, -0.25) is 9.59 Å². The maximum Gasteiger partial charge on any atom is 0.258 e. The summed E-state index contributed by atoms with van der Waals surface area (Å²) < 4.78 is 6.06. The lowest BCUT2D eigenvalue weighted by atomic mass is 10.0. The number of piperazine rings is 1. The third-order valence-corrected chi connectivity index (χ3v) is 6.13. The number of ether oxygens (including phenoxy) is 1. The first-order valence-electron chi connectivity index (χ1n) is 11.5. The van der Waals surface area contributed by atoms with Crippen molar-refractivity contribution in [1.29, 1.82) is 0 Å². The zero-order chi connectivity index (χ0) is 22.9. The van der Waals surface area contributed by atoms with Gasteiger partial charge in [0.2, 0.25) is 5.91 Å². The summed E-state index contributed by atoms with van der Waals surface area (Å²) in [6.45, 7) is 6.29. The quantitative estimate of drug-likeness (QED) is 0.597. The van der Waals surface area contributed by atoms with Gasteiger partial charge in [-0.2, -0.15) is 0 Å². The molecule has 2 amide bonds. The van der Waals surface area contributed by atoms with Crippen LogP contribution in [0, 0.1) is 5.92 Å². The van der Waals surface area contributed by atoms with E-state index in [2.05, 4.69) is 18.9 Å². The molecule has 0 spiro atoms. The predicted octanol–water partition coefficient (Wildman–Crippen LogP) is 3.92. The van der Waals surface area contributed by atoms with Gasteiger partial charge in [0.1, 0.15) is 5.75 Å². The highest BCUT2D eigenvalue weighted by atomic mass is 16.5. The third kappa shape index (κ3) is 6.57. The summed E-state index contributed by atoms with van der Waals surface area (Å²) in [5.41, 5.74) is 1.39. The van der Waals surface area contributed by atoms with Crippen LogP contribution in [0.4, 0.5) is 5.69 Å². The first kappa shape index (κ1) is 23.8. The molecule has 1 heterocycles. The van der Waals surface area contributed by atoms with Crippen LogP contribution in [0.2, 0.25) is 0 Å². The molecule has 1 aliphatic rings. The van der Waals surface area contributed by atoms with Crippen molar-refractivity contribution >= 4 is 17.5 Å². The molecular weight excluding hydrogens is 402 g/mol. The summed E-state index contributed by atoms with van der Waals surface area (Å²) in [5, 5.41) is 0. The van der Waals surface area contributed by atoms with E-state index in [0.717, 1.165) is 44.7 Å². The Balaban J connectivity index is 1.46. The molecule has 0 aliphatic carbocycles. The monoisotopic (exact) mass is 437 g/mol. The molecule has 0 saturated carbocycles. The van der Waals surface area contributed by atoms with Gasteiger partial charge in [0, 0.05) is 45.2 Å². The van der Waals surface area contributed by atoms with Crippen molar-refractivity contribution in [2.24, 2.45) is 5.92 Å². The van der Waals surface area contributed by atoms with Crippen molar-refractivity contribution in [3.63, 3.8) is 0 Å². The average molecular weight is 438 g/mol. The van der Waals surface area contributed by atoms with Gasteiger partial charge in [-0.15, -0.1) is 0 Å². The van der Waals surface area contributed by atoms with Gasteiger partial charge in [0.15, 0.2) is 0 Å². The maximum absolute atomic E-state index is 12.8. The zero-order valence-electron chi connectivity index (χ0n) is 19.5. The number of carbonyl (C=O) groups excluding carboxylic acids is 2. The fourth-order valence-electron chi connectivity index (χ4n) is 3.84. The fraction of sp³-hybridized carbons (Fsp3) is 0.462. The number of hydrogen-bond acceptors (Lipinski definition) is 4. The van der Waals surface area contributed by atoms with Crippen LogP contribution in [0.5, 0.6) is 5.75 Å². The number of rotatable bonds is 9. The van der Waals surface area contributed by atoms with Crippen molar-refractivity contribution in [1.82, 2.24) is 9.80 Å². The minimum Gasteiger partial charge on any atom is -0.491 e. The summed E-state index contributed by atoms with van der Waals surface area (Å²) in [6, 6.07) is 16.9. The van der Waals surface area contributed by atoms with Gasteiger partial charge in [0.05, 0.1) is 12.3 Å². The molecule has 1 fully saturated rings. The maximum atomic E-state index is 12.8. The average Bonchev–Trinajstić information content (AvgIpc) is 2.83. The van der Waals surface area contributed by atoms with E-state index in [1.807, 2.05) is 59.5 Å². The molecule has 0 bridgehead atoms. The lowest BCUT2D eigenvalue weighted by molar-refractivity contribution is -0.133. The molecule has 2 aromatic rings. The van der Waals surface area contributed by atoms with Crippen molar-refractivity contribution in [3.8, 4) is 5.75 Å². The number of carbonyl (C=O) groups is 2. The lowest BCUT2D eigenvalue weighted by Crippen LogP contribution is -2.47. The summed E-state index contributed by atoms with van der Waals surface area (Å²) in [6.07, 6.45) is 2.32. The van der Waals surface area contributed by atoms with Crippen LogP contribution in [-0.4, -0.2) is 68.5 Å². The van der Waals surface area contributed by atoms with E-state index in [9.17, 15) is 9.59 Å². The van der Waals surface area contributed by atoms with Crippen LogP contribution in [0.3, 0.4) is 0 Å². The number of nitrogens with zero attached hydrogens (tertiary/aromatic N) is 3. The van der Waals surface area contributed by atoms with E-state index in [1.165, 1.54) is 0 Å². The Morgan fingerprint density at radius 1 is 0.969 bits per heavy atom. The van der Waals surface area contributed by atoms with E-state index in [4.69, 9.17) is 4.74 Å². The highest BCUT2D eigenvalue weighted by Gasteiger charge is 2.20. The van der Waals surface area contributed by atoms with Gasteiger partial charge in [-0.1, -0.05) is 37.3 Å². The molecule has 172 valence electrons. The molecule has 0 N–H and O–H groups in total. The molecule has 1 unspecified atom stereocenters. The van der Waals surface area contributed by atoms with Crippen molar-refractivity contribution in [2.45, 2.75) is 26.2 Å². The molecule has 1 aliphatic heterocycles. The SMILES string of the molecule is CC(CCOc1ccccc1N(C)C(=O)c1ccccc1)CCC(=O)N1CCN(C)CC1. The minimum absolute atomic E-state index is 0.0718. The fourth-order valence-corrected chi connectivity index (χ4v) is 3.84. The lowest BCUT2D eigenvalue weighted by Gasteiger charge is -2.32. The van der Waals surface area contributed by atoms with Crippen LogP contribution < -0.4 is 9.64 Å². The topological polar surface area (TPSA) is 53.1 Å². The molecule has 2 aromatic carbocycles. The molecule has 3 rings (SSSR count). The number of benzene rings is 2. The summed E-state index contributed by atoms with van der Waals surface area (Å²) in [4.78, 5) is 31.1. The molecular formula is C26H35N3O3. The molecule has 1 saturated heterocycles. The summed E-state index contributed by atoms with van der Waals surface area (Å²) in [5.74, 6) is 1.27. The zero-order valence-corrected chi connectivity index (χ0v) is 19.5. The number of hydrogen-bond donors (Lipinski definition) is 0. The van der Waals surface area contributed by atoms with E-state index >= 15 is 0 Å². The van der Waals surface area contributed by atoms with Gasteiger partial charge >= 0.3 is 0 Å². The van der Waals surface area contributed by atoms with Gasteiger partial charge in [-0.25, -0.2) is 0 Å². The standard InChI is InChI=1S/C26H35N3O3/c1-21(13-14-25(30)29-18-16-27(2)17-19-29)15-20-32-24-12-8-7-11-23(24)28(3)26(31)22-9-5-4-6-10-22/h4-12,21H,13-20H2,1-3H3.